The highest BCUT2D eigenvalue weighted by Gasteiger charge is 2.08. The molecule has 0 aliphatic rings. The summed E-state index contributed by atoms with van der Waals surface area (Å²) in [6, 6.07) is 5.32. The van der Waals surface area contributed by atoms with Gasteiger partial charge < -0.3 is 4.74 Å². The average Bonchev–Trinajstić information content (AvgIpc) is 2.37. The highest BCUT2D eigenvalue weighted by molar-refractivity contribution is 5.57. The molecular formula is C11H7FN4O2. The Bertz CT molecular complexity index is 690. The quantitative estimate of drug-likeness (QED) is 0.848. The number of H-pyrrole nitrogens is 1. The molecule has 0 spiro atoms. The fourth-order valence-corrected chi connectivity index (χ4v) is 1.38. The van der Waals surface area contributed by atoms with E-state index in [1.807, 2.05) is 6.07 Å². The minimum atomic E-state index is -0.667. The molecule has 18 heavy (non-hydrogen) atoms. The lowest BCUT2D eigenvalue weighted by Gasteiger charge is -2.03. The Hall–Kier alpha value is -2.75. The molecule has 2 rings (SSSR count). The van der Waals surface area contributed by atoms with Gasteiger partial charge in [0.05, 0.1) is 18.7 Å². The van der Waals surface area contributed by atoms with Crippen molar-refractivity contribution in [2.45, 2.75) is 0 Å². The van der Waals surface area contributed by atoms with Crippen LogP contribution in [0.3, 0.4) is 0 Å². The molecular weight excluding hydrogens is 239 g/mol. The van der Waals surface area contributed by atoms with Crippen LogP contribution in [0.25, 0.3) is 11.4 Å². The summed E-state index contributed by atoms with van der Waals surface area (Å²) in [6.07, 6.45) is 0. The van der Waals surface area contributed by atoms with Crippen LogP contribution < -0.4 is 10.4 Å². The summed E-state index contributed by atoms with van der Waals surface area (Å²) in [5, 5.41) is 8.74. The van der Waals surface area contributed by atoms with E-state index in [1.54, 1.807) is 0 Å². The third kappa shape index (κ3) is 2.32. The molecule has 6 nitrogen and oxygen atoms in total. The molecule has 0 fully saturated rings. The van der Waals surface area contributed by atoms with Crippen LogP contribution in [-0.4, -0.2) is 22.1 Å². The van der Waals surface area contributed by atoms with Gasteiger partial charge in [-0.1, -0.05) is 0 Å². The van der Waals surface area contributed by atoms with Crippen LogP contribution in [0.15, 0.2) is 23.0 Å². The normalized spacial score (nSPS) is 9.83. The van der Waals surface area contributed by atoms with E-state index >= 15 is 0 Å². The molecule has 0 unspecified atom stereocenters. The number of nitrogens with one attached hydrogen (secondary N) is 1. The van der Waals surface area contributed by atoms with Gasteiger partial charge in [-0.25, -0.2) is 9.18 Å². The van der Waals surface area contributed by atoms with Gasteiger partial charge in [-0.3, -0.25) is 4.98 Å². The minimum absolute atomic E-state index is 0.0860. The SMILES string of the molecule is COc1nc(-c2cc(F)cc(C#N)c2)[nH]c(=O)n1. The van der Waals surface area contributed by atoms with E-state index in [1.165, 1.54) is 13.2 Å². The first kappa shape index (κ1) is 11.7. The molecule has 2 aromatic rings. The molecule has 0 amide bonds. The second kappa shape index (κ2) is 4.63. The summed E-state index contributed by atoms with van der Waals surface area (Å²) >= 11 is 0. The van der Waals surface area contributed by atoms with Gasteiger partial charge in [-0.2, -0.15) is 10.2 Å². The van der Waals surface area contributed by atoms with Gasteiger partial charge in [-0.15, -0.1) is 4.98 Å². The standard InChI is InChI=1S/C11H7FN4O2/c1-18-11-15-9(14-10(17)16-11)7-2-6(5-13)3-8(12)4-7/h2-4H,1H3,(H,14,15,16,17). The van der Waals surface area contributed by atoms with E-state index in [2.05, 4.69) is 15.0 Å². The van der Waals surface area contributed by atoms with Gasteiger partial charge in [0.2, 0.25) is 0 Å². The van der Waals surface area contributed by atoms with Crippen molar-refractivity contribution in [3.63, 3.8) is 0 Å². The van der Waals surface area contributed by atoms with Crippen LogP contribution in [0.5, 0.6) is 6.01 Å². The Kier molecular flexibility index (Phi) is 3.02. The number of methoxy groups -OCH3 is 1. The number of benzene rings is 1. The van der Waals surface area contributed by atoms with Crippen molar-refractivity contribution < 1.29 is 9.13 Å². The Balaban J connectivity index is 2.62. The minimum Gasteiger partial charge on any atom is -0.467 e. The molecule has 0 aliphatic heterocycles. The maximum Gasteiger partial charge on any atom is 0.351 e. The number of nitriles is 1. The molecule has 0 saturated carbocycles. The second-order valence-corrected chi connectivity index (χ2v) is 3.33. The first-order chi connectivity index (χ1) is 8.62. The second-order valence-electron chi connectivity index (χ2n) is 3.33. The summed E-state index contributed by atoms with van der Waals surface area (Å²) in [5.41, 5.74) is -0.271. The lowest BCUT2D eigenvalue weighted by atomic mass is 10.1. The molecule has 0 atom stereocenters. The number of hydrogen-bond acceptors (Lipinski definition) is 5. The molecule has 0 saturated heterocycles. The molecule has 1 aromatic carbocycles. The Morgan fingerprint density at radius 3 is 2.83 bits per heavy atom. The molecule has 7 heteroatoms. The molecule has 1 heterocycles. The number of halogens is 1. The van der Waals surface area contributed by atoms with Crippen LogP contribution in [-0.2, 0) is 0 Å². The number of nitrogens with zero attached hydrogens (tertiary/aromatic N) is 3. The van der Waals surface area contributed by atoms with Crippen LogP contribution in [0, 0.1) is 17.1 Å². The number of ether oxygens (including phenoxy) is 1. The topological polar surface area (TPSA) is 91.7 Å². The number of aromatic amines is 1. The molecule has 1 N–H and O–H groups in total. The van der Waals surface area contributed by atoms with Crippen molar-refractivity contribution in [2.24, 2.45) is 0 Å². The van der Waals surface area contributed by atoms with Crippen LogP contribution >= 0.6 is 0 Å². The van der Waals surface area contributed by atoms with Crippen LogP contribution in [0.4, 0.5) is 4.39 Å². The molecule has 0 radical (unpaired) electrons. The number of rotatable bonds is 2. The van der Waals surface area contributed by atoms with Gasteiger partial charge >= 0.3 is 11.7 Å². The van der Waals surface area contributed by atoms with E-state index in [4.69, 9.17) is 10.00 Å². The largest absolute Gasteiger partial charge is 0.467 e. The number of aromatic nitrogens is 3. The lowest BCUT2D eigenvalue weighted by Crippen LogP contribution is -2.14. The van der Waals surface area contributed by atoms with E-state index in [9.17, 15) is 9.18 Å². The van der Waals surface area contributed by atoms with Crippen molar-refractivity contribution in [2.75, 3.05) is 7.11 Å². The van der Waals surface area contributed by atoms with Gasteiger partial charge in [0.15, 0.2) is 0 Å². The summed E-state index contributed by atoms with van der Waals surface area (Å²) < 4.78 is 18.0. The van der Waals surface area contributed by atoms with Gasteiger partial charge in [0.25, 0.3) is 0 Å². The van der Waals surface area contributed by atoms with E-state index in [0.29, 0.717) is 0 Å². The van der Waals surface area contributed by atoms with Crippen molar-refractivity contribution in [1.29, 1.82) is 5.26 Å². The zero-order valence-electron chi connectivity index (χ0n) is 9.27. The number of hydrogen-bond donors (Lipinski definition) is 1. The summed E-state index contributed by atoms with van der Waals surface area (Å²) in [7, 11) is 1.31. The zero-order chi connectivity index (χ0) is 13.1. The van der Waals surface area contributed by atoms with E-state index in [0.717, 1.165) is 12.1 Å². The zero-order valence-corrected chi connectivity index (χ0v) is 9.27. The van der Waals surface area contributed by atoms with Gasteiger partial charge in [0, 0.05) is 5.56 Å². The van der Waals surface area contributed by atoms with Gasteiger partial charge in [0.1, 0.15) is 11.6 Å². The Morgan fingerprint density at radius 2 is 2.17 bits per heavy atom. The Labute approximate surface area is 101 Å². The summed E-state index contributed by atoms with van der Waals surface area (Å²) in [5.74, 6) is -0.509. The van der Waals surface area contributed by atoms with Crippen molar-refractivity contribution in [1.82, 2.24) is 15.0 Å². The fraction of sp³-hybridized carbons (Fsp3) is 0.0909. The van der Waals surface area contributed by atoms with Crippen molar-refractivity contribution >= 4 is 0 Å². The van der Waals surface area contributed by atoms with Crippen molar-refractivity contribution in [3.8, 4) is 23.5 Å². The van der Waals surface area contributed by atoms with E-state index < -0.39 is 11.5 Å². The van der Waals surface area contributed by atoms with Crippen molar-refractivity contribution in [3.05, 3.63) is 40.1 Å². The third-order valence-electron chi connectivity index (χ3n) is 2.11. The molecule has 0 bridgehead atoms. The predicted octanol–water partition coefficient (Wildman–Crippen LogP) is 0.851. The van der Waals surface area contributed by atoms with Crippen LogP contribution in [0.2, 0.25) is 0 Å². The molecule has 90 valence electrons. The smallest absolute Gasteiger partial charge is 0.351 e. The van der Waals surface area contributed by atoms with E-state index in [-0.39, 0.29) is 23.0 Å². The third-order valence-corrected chi connectivity index (χ3v) is 2.11. The van der Waals surface area contributed by atoms with Crippen LogP contribution in [0.1, 0.15) is 5.56 Å². The maximum absolute atomic E-state index is 13.3. The Morgan fingerprint density at radius 1 is 1.39 bits per heavy atom. The first-order valence-electron chi connectivity index (χ1n) is 4.86. The lowest BCUT2D eigenvalue weighted by molar-refractivity contribution is 0.377. The fourth-order valence-electron chi connectivity index (χ4n) is 1.38. The summed E-state index contributed by atoms with van der Waals surface area (Å²) in [6.45, 7) is 0. The predicted molar refractivity (Wildman–Crippen MR) is 59.3 cm³/mol. The molecule has 1 aromatic heterocycles. The highest BCUT2D eigenvalue weighted by atomic mass is 19.1. The monoisotopic (exact) mass is 246 g/mol. The molecule has 0 aliphatic carbocycles. The first-order valence-corrected chi connectivity index (χ1v) is 4.86. The highest BCUT2D eigenvalue weighted by Crippen LogP contribution is 2.18. The average molecular weight is 246 g/mol. The summed E-state index contributed by atoms with van der Waals surface area (Å²) in [4.78, 5) is 20.9. The van der Waals surface area contributed by atoms with Gasteiger partial charge in [-0.05, 0) is 18.2 Å². The maximum atomic E-state index is 13.3.